The van der Waals surface area contributed by atoms with Gasteiger partial charge in [0.15, 0.2) is 0 Å². The summed E-state index contributed by atoms with van der Waals surface area (Å²) in [4.78, 5) is 13.7. The number of aromatic carboxylic acids is 1. The molecule has 2 aromatic heterocycles. The molecule has 22 heavy (non-hydrogen) atoms. The van der Waals surface area contributed by atoms with E-state index in [1.54, 1.807) is 6.92 Å². The minimum Gasteiger partial charge on any atom is -0.475 e. The second-order valence-electron chi connectivity index (χ2n) is 4.76. The van der Waals surface area contributed by atoms with Crippen molar-refractivity contribution in [1.29, 1.82) is 0 Å². The monoisotopic (exact) mass is 310 g/mol. The number of halogens is 3. The highest BCUT2D eigenvalue weighted by Gasteiger charge is 2.31. The first-order chi connectivity index (χ1) is 10.3. The Bertz CT molecular complexity index is 877. The van der Waals surface area contributed by atoms with Crippen LogP contribution in [0, 0.1) is 6.92 Å². The molecular formula is C14H9F3N2O3. The number of hydrogen-bond donors (Lipinski definition) is 2. The number of benzene rings is 1. The van der Waals surface area contributed by atoms with Crippen LogP contribution in [0.5, 0.6) is 0 Å². The summed E-state index contributed by atoms with van der Waals surface area (Å²) in [6, 6.07) is 4.53. The number of carboxylic acid groups (broad SMARTS) is 1. The first-order valence-corrected chi connectivity index (χ1v) is 6.17. The number of alkyl halides is 3. The summed E-state index contributed by atoms with van der Waals surface area (Å²) in [6.45, 7) is 1.66. The van der Waals surface area contributed by atoms with Gasteiger partial charge in [0.25, 0.3) is 0 Å². The summed E-state index contributed by atoms with van der Waals surface area (Å²) in [5.41, 5.74) is 0.863. The molecule has 0 unspecified atom stereocenters. The van der Waals surface area contributed by atoms with Crippen LogP contribution in [0.1, 0.15) is 21.8 Å². The number of aromatic amines is 1. The number of nitrogens with zero attached hydrogens (tertiary/aromatic N) is 1. The summed E-state index contributed by atoms with van der Waals surface area (Å²) in [5, 5.41) is 13.0. The van der Waals surface area contributed by atoms with Crippen molar-refractivity contribution < 1.29 is 27.6 Å². The minimum absolute atomic E-state index is 0.251. The molecule has 0 aliphatic heterocycles. The first kappa shape index (κ1) is 14.2. The number of hydrogen-bond acceptors (Lipinski definition) is 3. The van der Waals surface area contributed by atoms with E-state index in [4.69, 9.17) is 5.11 Å². The van der Waals surface area contributed by atoms with Gasteiger partial charge in [-0.25, -0.2) is 4.79 Å². The van der Waals surface area contributed by atoms with E-state index < -0.39 is 17.7 Å². The minimum atomic E-state index is -4.43. The van der Waals surface area contributed by atoms with Gasteiger partial charge in [-0.1, -0.05) is 11.2 Å². The van der Waals surface area contributed by atoms with Gasteiger partial charge in [0.2, 0.25) is 5.76 Å². The number of carbonyl (C=O) groups is 1. The molecule has 0 aliphatic carbocycles. The summed E-state index contributed by atoms with van der Waals surface area (Å²) in [5.74, 6) is -1.61. The summed E-state index contributed by atoms with van der Waals surface area (Å²) in [6.07, 6.45) is -4.43. The molecule has 0 saturated carbocycles. The van der Waals surface area contributed by atoms with Crippen LogP contribution < -0.4 is 0 Å². The molecule has 0 spiro atoms. The molecule has 0 saturated heterocycles. The molecule has 0 radical (unpaired) electrons. The fourth-order valence-electron chi connectivity index (χ4n) is 2.33. The largest absolute Gasteiger partial charge is 0.475 e. The predicted octanol–water partition coefficient (Wildman–Crippen LogP) is 3.85. The van der Waals surface area contributed by atoms with Crippen molar-refractivity contribution in [3.63, 3.8) is 0 Å². The van der Waals surface area contributed by atoms with Crippen molar-refractivity contribution in [2.75, 3.05) is 0 Å². The van der Waals surface area contributed by atoms with E-state index in [9.17, 15) is 18.0 Å². The van der Waals surface area contributed by atoms with E-state index >= 15 is 0 Å². The molecule has 0 amide bonds. The highest BCUT2D eigenvalue weighted by Crippen LogP contribution is 2.36. The van der Waals surface area contributed by atoms with Crippen molar-refractivity contribution in [2.24, 2.45) is 0 Å². The Hall–Kier alpha value is -2.77. The molecule has 2 heterocycles. The van der Waals surface area contributed by atoms with Gasteiger partial charge < -0.3 is 14.6 Å². The van der Waals surface area contributed by atoms with Crippen LogP contribution in [-0.4, -0.2) is 21.2 Å². The lowest BCUT2D eigenvalue weighted by atomic mass is 10.1. The van der Waals surface area contributed by atoms with E-state index in [1.807, 2.05) is 0 Å². The number of carboxylic acids is 1. The number of fused-ring (bicyclic) bond motifs is 1. The Morgan fingerprint density at radius 2 is 2.05 bits per heavy atom. The van der Waals surface area contributed by atoms with E-state index in [2.05, 4.69) is 14.7 Å². The molecule has 2 N–H and O–H groups in total. The van der Waals surface area contributed by atoms with Gasteiger partial charge in [0, 0.05) is 28.2 Å². The second-order valence-corrected chi connectivity index (χ2v) is 4.76. The molecule has 3 rings (SSSR count). The quantitative estimate of drug-likeness (QED) is 0.753. The highest BCUT2D eigenvalue weighted by molar-refractivity contribution is 5.97. The van der Waals surface area contributed by atoms with Crippen molar-refractivity contribution in [3.8, 4) is 11.3 Å². The van der Waals surface area contributed by atoms with Crippen LogP contribution >= 0.6 is 0 Å². The van der Waals surface area contributed by atoms with Crippen LogP contribution in [0.4, 0.5) is 13.2 Å². The van der Waals surface area contributed by atoms with Gasteiger partial charge in [-0.05, 0) is 19.1 Å². The van der Waals surface area contributed by atoms with Crippen molar-refractivity contribution in [1.82, 2.24) is 10.1 Å². The third-order valence-corrected chi connectivity index (χ3v) is 3.29. The zero-order valence-corrected chi connectivity index (χ0v) is 11.2. The van der Waals surface area contributed by atoms with Crippen LogP contribution in [0.2, 0.25) is 0 Å². The lowest BCUT2D eigenvalue weighted by molar-refractivity contribution is -0.137. The Kier molecular flexibility index (Phi) is 2.98. The molecule has 0 fully saturated rings. The Morgan fingerprint density at radius 3 is 2.64 bits per heavy atom. The third-order valence-electron chi connectivity index (χ3n) is 3.29. The average molecular weight is 310 g/mol. The molecular weight excluding hydrogens is 301 g/mol. The summed E-state index contributed by atoms with van der Waals surface area (Å²) >= 11 is 0. The molecule has 1 aromatic carbocycles. The fourth-order valence-corrected chi connectivity index (χ4v) is 2.33. The standard InChI is InChI=1S/C14H9F3N2O3/c1-6-12(10-5-11(13(20)21)22-19-10)8-3-2-7(14(15,16)17)4-9(8)18-6/h2-5,18H,1H3,(H,20,21). The van der Waals surface area contributed by atoms with Crippen molar-refractivity contribution in [3.05, 3.63) is 41.3 Å². The van der Waals surface area contributed by atoms with E-state index in [0.29, 0.717) is 22.2 Å². The van der Waals surface area contributed by atoms with Gasteiger partial charge in [-0.3, -0.25) is 0 Å². The molecule has 0 bridgehead atoms. The maximum Gasteiger partial charge on any atom is 0.416 e. The molecule has 114 valence electrons. The maximum absolute atomic E-state index is 12.7. The molecule has 3 aromatic rings. The second kappa shape index (κ2) is 4.62. The van der Waals surface area contributed by atoms with Crippen molar-refractivity contribution >= 4 is 16.9 Å². The topological polar surface area (TPSA) is 79.1 Å². The number of aromatic nitrogens is 2. The van der Waals surface area contributed by atoms with Crippen LogP contribution in [0.3, 0.4) is 0 Å². The predicted molar refractivity (Wildman–Crippen MR) is 70.5 cm³/mol. The SMILES string of the molecule is Cc1[nH]c2cc(C(F)(F)F)ccc2c1-c1cc(C(=O)O)on1. The van der Waals surface area contributed by atoms with Gasteiger partial charge >= 0.3 is 12.1 Å². The highest BCUT2D eigenvalue weighted by atomic mass is 19.4. The Labute approximate surface area is 121 Å². The van der Waals surface area contributed by atoms with E-state index in [-0.39, 0.29) is 11.5 Å². The zero-order valence-electron chi connectivity index (χ0n) is 11.2. The van der Waals surface area contributed by atoms with Crippen LogP contribution in [0.15, 0.2) is 28.8 Å². The number of nitrogens with one attached hydrogen (secondary N) is 1. The number of aryl methyl sites for hydroxylation is 1. The lowest BCUT2D eigenvalue weighted by Gasteiger charge is -2.06. The molecule has 0 atom stereocenters. The van der Waals surface area contributed by atoms with Gasteiger partial charge in [0.05, 0.1) is 5.56 Å². The molecule has 8 heteroatoms. The van der Waals surface area contributed by atoms with E-state index in [0.717, 1.165) is 12.1 Å². The van der Waals surface area contributed by atoms with Crippen molar-refractivity contribution in [2.45, 2.75) is 13.1 Å². The molecule has 5 nitrogen and oxygen atoms in total. The zero-order chi connectivity index (χ0) is 16.1. The lowest BCUT2D eigenvalue weighted by Crippen LogP contribution is -2.04. The number of H-pyrrole nitrogens is 1. The maximum atomic E-state index is 12.7. The van der Waals surface area contributed by atoms with Gasteiger partial charge in [-0.15, -0.1) is 0 Å². The Balaban J connectivity index is 2.17. The van der Waals surface area contributed by atoms with Gasteiger partial charge in [-0.2, -0.15) is 13.2 Å². The third kappa shape index (κ3) is 2.22. The smallest absolute Gasteiger partial charge is 0.416 e. The number of rotatable bonds is 2. The average Bonchev–Trinajstić information content (AvgIpc) is 2.99. The summed E-state index contributed by atoms with van der Waals surface area (Å²) in [7, 11) is 0. The fraction of sp³-hybridized carbons (Fsp3) is 0.143. The first-order valence-electron chi connectivity index (χ1n) is 6.17. The van der Waals surface area contributed by atoms with Crippen LogP contribution in [-0.2, 0) is 6.18 Å². The normalized spacial score (nSPS) is 12.0. The van der Waals surface area contributed by atoms with Gasteiger partial charge in [0.1, 0.15) is 5.69 Å². The van der Waals surface area contributed by atoms with E-state index in [1.165, 1.54) is 12.1 Å². The summed E-state index contributed by atoms with van der Waals surface area (Å²) < 4.78 is 42.9. The Morgan fingerprint density at radius 1 is 1.32 bits per heavy atom. The molecule has 0 aliphatic rings. The van der Waals surface area contributed by atoms with Crippen LogP contribution in [0.25, 0.3) is 22.2 Å².